The highest BCUT2D eigenvalue weighted by molar-refractivity contribution is 7.90. The number of carbonyl (C=O) groups excluding carboxylic acids is 1. The van der Waals surface area contributed by atoms with Crippen molar-refractivity contribution in [3.63, 3.8) is 0 Å². The van der Waals surface area contributed by atoms with Crippen molar-refractivity contribution >= 4 is 15.8 Å². The summed E-state index contributed by atoms with van der Waals surface area (Å²) in [7, 11) is -1.53. The van der Waals surface area contributed by atoms with Crippen LogP contribution in [0.4, 0.5) is 0 Å². The molecule has 0 radical (unpaired) electrons. The molecule has 0 atom stereocenters. The molecule has 100 valence electrons. The number of nitrogens with one attached hydrogen (secondary N) is 1. The van der Waals surface area contributed by atoms with Crippen LogP contribution in [0.5, 0.6) is 0 Å². The molecule has 0 bridgehead atoms. The average Bonchev–Trinajstić information content (AvgIpc) is 2.26. The van der Waals surface area contributed by atoms with Gasteiger partial charge < -0.3 is 10.1 Å². The SMILES string of the molecule is CCC(=CCNCCCS(C)(=O)=O)C(=O)OC. The fraction of sp³-hybridized carbons (Fsp3) is 0.727. The highest BCUT2D eigenvalue weighted by Crippen LogP contribution is 2.01. The molecule has 0 unspecified atom stereocenters. The van der Waals surface area contributed by atoms with Gasteiger partial charge in [0.2, 0.25) is 0 Å². The zero-order valence-corrected chi connectivity index (χ0v) is 11.5. The smallest absolute Gasteiger partial charge is 0.333 e. The molecule has 0 saturated carbocycles. The lowest BCUT2D eigenvalue weighted by Crippen LogP contribution is -2.19. The minimum absolute atomic E-state index is 0.182. The van der Waals surface area contributed by atoms with E-state index >= 15 is 0 Å². The van der Waals surface area contributed by atoms with Crippen molar-refractivity contribution < 1.29 is 17.9 Å². The van der Waals surface area contributed by atoms with E-state index in [0.29, 0.717) is 31.5 Å². The Balaban J connectivity index is 3.82. The van der Waals surface area contributed by atoms with Crippen LogP contribution in [0.2, 0.25) is 0 Å². The molecule has 0 aromatic heterocycles. The molecular weight excluding hydrogens is 242 g/mol. The Morgan fingerprint density at radius 3 is 2.53 bits per heavy atom. The predicted octanol–water partition coefficient (Wildman–Crippen LogP) is 0.520. The highest BCUT2D eigenvalue weighted by atomic mass is 32.2. The van der Waals surface area contributed by atoms with Crippen LogP contribution in [0.25, 0.3) is 0 Å². The molecule has 17 heavy (non-hydrogen) atoms. The minimum Gasteiger partial charge on any atom is -0.466 e. The molecule has 0 aromatic carbocycles. The van der Waals surface area contributed by atoms with Crippen molar-refractivity contribution in [3.8, 4) is 0 Å². The number of sulfone groups is 1. The lowest BCUT2D eigenvalue weighted by molar-refractivity contribution is -0.136. The summed E-state index contributed by atoms with van der Waals surface area (Å²) in [5.74, 6) is -0.133. The van der Waals surface area contributed by atoms with Crippen LogP contribution in [0.15, 0.2) is 11.6 Å². The van der Waals surface area contributed by atoms with Gasteiger partial charge in [-0.2, -0.15) is 0 Å². The third-order valence-electron chi connectivity index (χ3n) is 2.19. The van der Waals surface area contributed by atoms with Gasteiger partial charge in [0.25, 0.3) is 0 Å². The van der Waals surface area contributed by atoms with E-state index in [0.717, 1.165) is 0 Å². The summed E-state index contributed by atoms with van der Waals surface area (Å²) in [5, 5.41) is 3.05. The lowest BCUT2D eigenvalue weighted by atomic mass is 10.2. The van der Waals surface area contributed by atoms with Crippen molar-refractivity contribution in [1.82, 2.24) is 5.32 Å². The van der Waals surface area contributed by atoms with Gasteiger partial charge in [-0.05, 0) is 19.4 Å². The zero-order valence-electron chi connectivity index (χ0n) is 10.7. The average molecular weight is 263 g/mol. The fourth-order valence-electron chi connectivity index (χ4n) is 1.26. The molecule has 0 heterocycles. The standard InChI is InChI=1S/C11H21NO4S/c1-4-10(11(13)16-2)6-8-12-7-5-9-17(3,14)15/h6,12H,4-5,7-9H2,1-3H3. The van der Waals surface area contributed by atoms with Gasteiger partial charge in [-0.1, -0.05) is 13.0 Å². The number of ether oxygens (including phenoxy) is 1. The van der Waals surface area contributed by atoms with Gasteiger partial charge >= 0.3 is 5.97 Å². The Labute approximate surface area is 103 Å². The van der Waals surface area contributed by atoms with Crippen molar-refractivity contribution in [3.05, 3.63) is 11.6 Å². The summed E-state index contributed by atoms with van der Waals surface area (Å²) < 4.78 is 26.3. The molecule has 0 aliphatic rings. The van der Waals surface area contributed by atoms with Crippen LogP contribution in [0.3, 0.4) is 0 Å². The summed E-state index contributed by atoms with van der Waals surface area (Å²) >= 11 is 0. The summed E-state index contributed by atoms with van der Waals surface area (Å²) in [4.78, 5) is 11.2. The van der Waals surface area contributed by atoms with Crippen LogP contribution in [-0.4, -0.2) is 46.6 Å². The van der Waals surface area contributed by atoms with Crippen molar-refractivity contribution in [2.45, 2.75) is 19.8 Å². The van der Waals surface area contributed by atoms with Crippen LogP contribution < -0.4 is 5.32 Å². The van der Waals surface area contributed by atoms with Gasteiger partial charge in [0.05, 0.1) is 12.9 Å². The predicted molar refractivity (Wildman–Crippen MR) is 67.6 cm³/mol. The highest BCUT2D eigenvalue weighted by Gasteiger charge is 2.05. The van der Waals surface area contributed by atoms with Crippen LogP contribution in [0.1, 0.15) is 19.8 Å². The third kappa shape index (κ3) is 8.88. The number of carbonyl (C=O) groups is 1. The summed E-state index contributed by atoms with van der Waals surface area (Å²) in [6, 6.07) is 0. The second-order valence-corrected chi connectivity index (χ2v) is 6.02. The van der Waals surface area contributed by atoms with Crippen molar-refractivity contribution in [2.75, 3.05) is 32.2 Å². The summed E-state index contributed by atoms with van der Waals surface area (Å²) in [6.07, 6.45) is 4.19. The second kappa shape index (κ2) is 8.25. The van der Waals surface area contributed by atoms with Gasteiger partial charge in [-0.3, -0.25) is 0 Å². The first-order valence-electron chi connectivity index (χ1n) is 5.56. The van der Waals surface area contributed by atoms with Crippen LogP contribution in [0, 0.1) is 0 Å². The number of rotatable bonds is 8. The molecule has 0 amide bonds. The molecule has 6 heteroatoms. The largest absolute Gasteiger partial charge is 0.466 e. The first-order valence-corrected chi connectivity index (χ1v) is 7.62. The quantitative estimate of drug-likeness (QED) is 0.393. The molecule has 1 N–H and O–H groups in total. The molecule has 0 aliphatic heterocycles. The fourth-order valence-corrected chi connectivity index (χ4v) is 1.93. The number of esters is 1. The summed E-state index contributed by atoms with van der Waals surface area (Å²) in [5.41, 5.74) is 0.628. The molecule has 0 fully saturated rings. The maximum atomic E-state index is 11.2. The van der Waals surface area contributed by atoms with E-state index < -0.39 is 9.84 Å². The van der Waals surface area contributed by atoms with Gasteiger partial charge in [-0.15, -0.1) is 0 Å². The number of methoxy groups -OCH3 is 1. The zero-order chi connectivity index (χ0) is 13.3. The molecule has 0 saturated heterocycles. The van der Waals surface area contributed by atoms with E-state index in [-0.39, 0.29) is 11.7 Å². The Hall–Kier alpha value is -0.880. The Bertz CT molecular complexity index is 360. The Morgan fingerprint density at radius 1 is 1.41 bits per heavy atom. The third-order valence-corrected chi connectivity index (χ3v) is 3.22. The van der Waals surface area contributed by atoms with E-state index in [2.05, 4.69) is 10.1 Å². The molecule has 0 aliphatic carbocycles. The first kappa shape index (κ1) is 16.1. The summed E-state index contributed by atoms with van der Waals surface area (Å²) in [6.45, 7) is 3.04. The second-order valence-electron chi connectivity index (χ2n) is 3.76. The lowest BCUT2D eigenvalue weighted by Gasteiger charge is -2.04. The maximum Gasteiger partial charge on any atom is 0.333 e. The molecule has 0 rings (SSSR count). The van der Waals surface area contributed by atoms with E-state index in [9.17, 15) is 13.2 Å². The minimum atomic E-state index is -2.88. The van der Waals surface area contributed by atoms with Crippen LogP contribution in [-0.2, 0) is 19.4 Å². The topological polar surface area (TPSA) is 72.5 Å². The molecule has 5 nitrogen and oxygen atoms in total. The van der Waals surface area contributed by atoms with E-state index in [1.54, 1.807) is 6.08 Å². The van der Waals surface area contributed by atoms with Gasteiger partial charge in [0.15, 0.2) is 0 Å². The van der Waals surface area contributed by atoms with E-state index in [4.69, 9.17) is 0 Å². The molecule has 0 aromatic rings. The molecule has 0 spiro atoms. The monoisotopic (exact) mass is 263 g/mol. The van der Waals surface area contributed by atoms with Crippen LogP contribution >= 0.6 is 0 Å². The number of hydrogen-bond donors (Lipinski definition) is 1. The van der Waals surface area contributed by atoms with Gasteiger partial charge in [0, 0.05) is 18.4 Å². The van der Waals surface area contributed by atoms with Gasteiger partial charge in [0.1, 0.15) is 9.84 Å². The van der Waals surface area contributed by atoms with E-state index in [1.807, 2.05) is 6.92 Å². The van der Waals surface area contributed by atoms with Crippen molar-refractivity contribution in [2.24, 2.45) is 0 Å². The maximum absolute atomic E-state index is 11.2. The molecular formula is C11H21NO4S. The van der Waals surface area contributed by atoms with Crippen molar-refractivity contribution in [1.29, 1.82) is 0 Å². The first-order chi connectivity index (χ1) is 7.90. The van der Waals surface area contributed by atoms with E-state index in [1.165, 1.54) is 13.4 Å². The Kier molecular flexibility index (Phi) is 7.82. The normalized spacial score (nSPS) is 12.5. The Morgan fingerprint density at radius 2 is 2.06 bits per heavy atom. The van der Waals surface area contributed by atoms with Gasteiger partial charge in [-0.25, -0.2) is 13.2 Å². The number of hydrogen-bond acceptors (Lipinski definition) is 5.